The predicted octanol–water partition coefficient (Wildman–Crippen LogP) is 3.73. The Hall–Kier alpha value is -2.37. The molecule has 2 rings (SSSR count). The summed E-state index contributed by atoms with van der Waals surface area (Å²) >= 11 is 0. The van der Waals surface area contributed by atoms with Crippen LogP contribution in [0.2, 0.25) is 0 Å². The van der Waals surface area contributed by atoms with Crippen LogP contribution in [0, 0.1) is 17.5 Å². The van der Waals surface area contributed by atoms with Gasteiger partial charge in [0.15, 0.2) is 23.1 Å². The van der Waals surface area contributed by atoms with Crippen LogP contribution in [0.4, 0.5) is 18.9 Å². The van der Waals surface area contributed by atoms with Crippen LogP contribution in [-0.4, -0.2) is 14.2 Å². The predicted molar refractivity (Wildman–Crippen MR) is 73.2 cm³/mol. The van der Waals surface area contributed by atoms with Crippen molar-refractivity contribution in [3.05, 3.63) is 53.3 Å². The van der Waals surface area contributed by atoms with E-state index in [1.165, 1.54) is 14.2 Å². The quantitative estimate of drug-likeness (QED) is 0.912. The molecule has 0 fully saturated rings. The summed E-state index contributed by atoms with van der Waals surface area (Å²) in [5.74, 6) is -1.85. The second kappa shape index (κ2) is 6.39. The van der Waals surface area contributed by atoms with Crippen molar-refractivity contribution in [1.29, 1.82) is 0 Å². The molecule has 0 aliphatic rings. The minimum atomic E-state index is -0.979. The molecule has 0 unspecified atom stereocenters. The fourth-order valence-electron chi connectivity index (χ4n) is 1.89. The van der Waals surface area contributed by atoms with Gasteiger partial charge < -0.3 is 14.8 Å². The van der Waals surface area contributed by atoms with E-state index in [-0.39, 0.29) is 12.2 Å². The molecule has 0 bridgehead atoms. The summed E-state index contributed by atoms with van der Waals surface area (Å²) in [6, 6.07) is 6.35. The van der Waals surface area contributed by atoms with Gasteiger partial charge in [-0.2, -0.15) is 0 Å². The lowest BCUT2D eigenvalue weighted by molar-refractivity contribution is 0.354. The van der Waals surface area contributed by atoms with Crippen LogP contribution in [0.5, 0.6) is 11.5 Å². The SMILES string of the molecule is COc1ccc(CNc2c(F)cc(F)cc2F)cc1OC. The van der Waals surface area contributed by atoms with Crippen LogP contribution in [0.3, 0.4) is 0 Å². The Bertz CT molecular complexity index is 624. The lowest BCUT2D eigenvalue weighted by Crippen LogP contribution is -2.05. The Kier molecular flexibility index (Phi) is 4.57. The summed E-state index contributed by atoms with van der Waals surface area (Å²) in [4.78, 5) is 0. The third-order valence-corrected chi connectivity index (χ3v) is 2.92. The lowest BCUT2D eigenvalue weighted by Gasteiger charge is -2.12. The number of benzene rings is 2. The van der Waals surface area contributed by atoms with Crippen LogP contribution >= 0.6 is 0 Å². The number of anilines is 1. The average molecular weight is 297 g/mol. The Morgan fingerprint density at radius 3 is 2.10 bits per heavy atom. The molecule has 0 spiro atoms. The highest BCUT2D eigenvalue weighted by molar-refractivity contribution is 5.48. The summed E-state index contributed by atoms with van der Waals surface area (Å²) in [6.45, 7) is 0.153. The molecule has 2 aromatic carbocycles. The van der Waals surface area contributed by atoms with Gasteiger partial charge in [0.2, 0.25) is 0 Å². The van der Waals surface area contributed by atoms with E-state index in [0.29, 0.717) is 23.6 Å². The highest BCUT2D eigenvalue weighted by Gasteiger charge is 2.11. The van der Waals surface area contributed by atoms with Gasteiger partial charge in [-0.15, -0.1) is 0 Å². The summed E-state index contributed by atoms with van der Waals surface area (Å²) < 4.78 is 50.0. The lowest BCUT2D eigenvalue weighted by atomic mass is 10.2. The average Bonchev–Trinajstić information content (AvgIpc) is 2.45. The van der Waals surface area contributed by atoms with Crippen LogP contribution in [0.15, 0.2) is 30.3 Å². The molecular weight excluding hydrogens is 283 g/mol. The standard InChI is InChI=1S/C15H14F3NO2/c1-20-13-4-3-9(5-14(13)21-2)8-19-15-11(17)6-10(16)7-12(15)18/h3-7,19H,8H2,1-2H3. The van der Waals surface area contributed by atoms with Gasteiger partial charge in [0.1, 0.15) is 11.5 Å². The normalized spacial score (nSPS) is 10.3. The highest BCUT2D eigenvalue weighted by atomic mass is 19.1. The summed E-state index contributed by atoms with van der Waals surface area (Å²) in [5.41, 5.74) is 0.363. The molecule has 0 saturated heterocycles. The van der Waals surface area contributed by atoms with E-state index in [9.17, 15) is 13.2 Å². The molecule has 0 saturated carbocycles. The summed E-state index contributed by atoms with van der Waals surface area (Å²) in [5, 5.41) is 2.60. The van der Waals surface area contributed by atoms with Crippen LogP contribution < -0.4 is 14.8 Å². The first-order valence-electron chi connectivity index (χ1n) is 6.14. The minimum Gasteiger partial charge on any atom is -0.493 e. The van der Waals surface area contributed by atoms with Crippen molar-refractivity contribution >= 4 is 5.69 Å². The van der Waals surface area contributed by atoms with E-state index in [4.69, 9.17) is 9.47 Å². The Balaban J connectivity index is 2.17. The van der Waals surface area contributed by atoms with Gasteiger partial charge in [0.25, 0.3) is 0 Å². The van der Waals surface area contributed by atoms with Crippen molar-refractivity contribution in [3.8, 4) is 11.5 Å². The Morgan fingerprint density at radius 2 is 1.52 bits per heavy atom. The molecule has 112 valence electrons. The van der Waals surface area contributed by atoms with E-state index < -0.39 is 17.5 Å². The van der Waals surface area contributed by atoms with Crippen molar-refractivity contribution in [2.45, 2.75) is 6.54 Å². The molecule has 0 aliphatic heterocycles. The van der Waals surface area contributed by atoms with Gasteiger partial charge in [-0.1, -0.05) is 6.07 Å². The maximum absolute atomic E-state index is 13.5. The van der Waals surface area contributed by atoms with Crippen molar-refractivity contribution in [2.24, 2.45) is 0 Å². The zero-order valence-electron chi connectivity index (χ0n) is 11.5. The smallest absolute Gasteiger partial charge is 0.161 e. The maximum atomic E-state index is 13.5. The molecule has 0 radical (unpaired) electrons. The van der Waals surface area contributed by atoms with Gasteiger partial charge in [-0.25, -0.2) is 13.2 Å². The van der Waals surface area contributed by atoms with Gasteiger partial charge in [0, 0.05) is 18.7 Å². The van der Waals surface area contributed by atoms with E-state index >= 15 is 0 Å². The molecule has 1 N–H and O–H groups in total. The summed E-state index contributed by atoms with van der Waals surface area (Å²) in [7, 11) is 3.01. The third kappa shape index (κ3) is 3.39. The van der Waals surface area contributed by atoms with Gasteiger partial charge >= 0.3 is 0 Å². The number of hydrogen-bond acceptors (Lipinski definition) is 3. The molecule has 3 nitrogen and oxygen atoms in total. The fourth-order valence-corrected chi connectivity index (χ4v) is 1.89. The van der Waals surface area contributed by atoms with Crippen molar-refractivity contribution in [3.63, 3.8) is 0 Å². The number of ether oxygens (including phenoxy) is 2. The molecule has 2 aromatic rings. The van der Waals surface area contributed by atoms with E-state index in [1.54, 1.807) is 18.2 Å². The van der Waals surface area contributed by atoms with Crippen LogP contribution in [0.25, 0.3) is 0 Å². The highest BCUT2D eigenvalue weighted by Crippen LogP contribution is 2.28. The number of hydrogen-bond donors (Lipinski definition) is 1. The summed E-state index contributed by atoms with van der Waals surface area (Å²) in [6.07, 6.45) is 0. The fraction of sp³-hybridized carbons (Fsp3) is 0.200. The van der Waals surface area contributed by atoms with Gasteiger partial charge in [-0.3, -0.25) is 0 Å². The molecule has 0 amide bonds. The monoisotopic (exact) mass is 297 g/mol. The van der Waals surface area contributed by atoms with Crippen molar-refractivity contribution < 1.29 is 22.6 Å². The number of methoxy groups -OCH3 is 2. The Labute approximate surface area is 120 Å². The van der Waals surface area contributed by atoms with E-state index in [2.05, 4.69) is 5.32 Å². The largest absolute Gasteiger partial charge is 0.493 e. The molecule has 0 atom stereocenters. The second-order valence-corrected chi connectivity index (χ2v) is 4.29. The molecule has 0 aromatic heterocycles. The minimum absolute atomic E-state index is 0.153. The molecule has 6 heteroatoms. The maximum Gasteiger partial charge on any atom is 0.161 e. The van der Waals surface area contributed by atoms with Crippen molar-refractivity contribution in [2.75, 3.05) is 19.5 Å². The third-order valence-electron chi connectivity index (χ3n) is 2.92. The molecule has 0 aliphatic carbocycles. The number of nitrogens with one attached hydrogen (secondary N) is 1. The number of rotatable bonds is 5. The topological polar surface area (TPSA) is 30.5 Å². The first-order chi connectivity index (χ1) is 10.0. The molecule has 0 heterocycles. The van der Waals surface area contributed by atoms with Crippen LogP contribution in [0.1, 0.15) is 5.56 Å². The first-order valence-corrected chi connectivity index (χ1v) is 6.14. The zero-order chi connectivity index (χ0) is 15.4. The molecule has 21 heavy (non-hydrogen) atoms. The molecular formula is C15H14F3NO2. The van der Waals surface area contributed by atoms with Gasteiger partial charge in [0.05, 0.1) is 14.2 Å². The van der Waals surface area contributed by atoms with E-state index in [1.807, 2.05) is 0 Å². The zero-order valence-corrected chi connectivity index (χ0v) is 11.5. The van der Waals surface area contributed by atoms with Crippen LogP contribution in [-0.2, 0) is 6.54 Å². The van der Waals surface area contributed by atoms with E-state index in [0.717, 1.165) is 5.56 Å². The first kappa shape index (κ1) is 15.0. The second-order valence-electron chi connectivity index (χ2n) is 4.29. The number of halogens is 3. The Morgan fingerprint density at radius 1 is 0.905 bits per heavy atom. The van der Waals surface area contributed by atoms with Gasteiger partial charge in [-0.05, 0) is 17.7 Å². The van der Waals surface area contributed by atoms with Crippen molar-refractivity contribution in [1.82, 2.24) is 0 Å².